The lowest BCUT2D eigenvalue weighted by atomic mass is 10.0. The Morgan fingerprint density at radius 3 is 2.24 bits per heavy atom. The van der Waals surface area contributed by atoms with Gasteiger partial charge in [0.05, 0.1) is 5.02 Å². The normalized spacial score (nSPS) is 9.53. The Morgan fingerprint density at radius 2 is 1.65 bits per heavy atom. The first-order valence-electron chi connectivity index (χ1n) is 4.73. The van der Waals surface area contributed by atoms with Gasteiger partial charge < -0.3 is 5.48 Å². The summed E-state index contributed by atoms with van der Waals surface area (Å²) >= 11 is 5.55. The maximum absolute atomic E-state index is 13.2. The molecule has 0 spiro atoms. The van der Waals surface area contributed by atoms with Gasteiger partial charge in [0.1, 0.15) is 5.82 Å². The van der Waals surface area contributed by atoms with Crippen molar-refractivity contribution in [3.63, 3.8) is 0 Å². The zero-order valence-electron chi connectivity index (χ0n) is 8.78. The number of hydrogen-bond donors (Lipinski definition) is 0. The van der Waals surface area contributed by atoms with Gasteiger partial charge in [0.15, 0.2) is 5.78 Å². The lowest BCUT2D eigenvalue weighted by molar-refractivity contribution is 0.103. The molecule has 2 rings (SSSR count). The van der Waals surface area contributed by atoms with Crippen LogP contribution in [-0.4, -0.2) is 11.3 Å². The van der Waals surface area contributed by atoms with Crippen LogP contribution in [0.5, 0.6) is 0 Å². The third kappa shape index (κ3) is 2.90. The highest BCUT2D eigenvalue weighted by Crippen LogP contribution is 2.17. The van der Waals surface area contributed by atoms with E-state index in [0.717, 1.165) is 6.07 Å². The molecule has 0 aliphatic carbocycles. The van der Waals surface area contributed by atoms with Crippen LogP contribution in [0, 0.1) is 5.82 Å². The predicted octanol–water partition coefficient (Wildman–Crippen LogP) is 2.89. The highest BCUT2D eigenvalue weighted by atomic mass is 35.5. The molecule has 0 amide bonds. The first kappa shape index (κ1) is 13.4. The van der Waals surface area contributed by atoms with Crippen LogP contribution in [0.4, 0.5) is 4.39 Å². The second-order valence-corrected chi connectivity index (χ2v) is 3.73. The second kappa shape index (κ2) is 5.57. The lowest BCUT2D eigenvalue weighted by Gasteiger charge is -2.01. The molecule has 0 aromatic heterocycles. The van der Waals surface area contributed by atoms with E-state index in [4.69, 9.17) is 11.6 Å². The van der Waals surface area contributed by atoms with Crippen LogP contribution < -0.4 is 0 Å². The van der Waals surface area contributed by atoms with E-state index in [1.165, 1.54) is 12.1 Å². The smallest absolute Gasteiger partial charge is 0.193 e. The number of carbonyl (C=O) groups excluding carboxylic acids is 1. The minimum Gasteiger partial charge on any atom is -0.412 e. The van der Waals surface area contributed by atoms with Crippen molar-refractivity contribution in [3.05, 3.63) is 70.5 Å². The van der Waals surface area contributed by atoms with E-state index < -0.39 is 5.82 Å². The highest BCUT2D eigenvalue weighted by Gasteiger charge is 2.10. The molecule has 2 nitrogen and oxygen atoms in total. The summed E-state index contributed by atoms with van der Waals surface area (Å²) in [5.74, 6) is -0.792. The zero-order chi connectivity index (χ0) is 11.5. The first-order valence-corrected chi connectivity index (χ1v) is 5.11. The largest absolute Gasteiger partial charge is 0.412 e. The Kier molecular flexibility index (Phi) is 4.37. The summed E-state index contributed by atoms with van der Waals surface area (Å²) in [4.78, 5) is 11.9. The molecule has 0 aliphatic rings. The molecule has 17 heavy (non-hydrogen) atoms. The first-order chi connectivity index (χ1) is 7.68. The number of halogens is 2. The molecule has 0 bridgehead atoms. The maximum atomic E-state index is 13.2. The predicted molar refractivity (Wildman–Crippen MR) is 64.9 cm³/mol. The summed E-state index contributed by atoms with van der Waals surface area (Å²) in [5.41, 5.74) is 0.831. The van der Waals surface area contributed by atoms with Gasteiger partial charge in [-0.3, -0.25) is 4.79 Å². The Labute approximate surface area is 103 Å². The van der Waals surface area contributed by atoms with Crippen molar-refractivity contribution in [3.8, 4) is 0 Å². The van der Waals surface area contributed by atoms with E-state index in [9.17, 15) is 9.18 Å². The molecule has 0 aliphatic heterocycles. The van der Waals surface area contributed by atoms with Crippen molar-refractivity contribution >= 4 is 17.4 Å². The molecule has 2 aromatic carbocycles. The third-order valence-corrected chi connectivity index (χ3v) is 2.52. The Balaban J connectivity index is 0.00000144. The van der Waals surface area contributed by atoms with Gasteiger partial charge in [-0.2, -0.15) is 0 Å². The van der Waals surface area contributed by atoms with Gasteiger partial charge in [-0.15, -0.1) is 0 Å². The van der Waals surface area contributed by atoms with Crippen LogP contribution in [0.15, 0.2) is 48.5 Å². The number of hydrogen-bond acceptors (Lipinski definition) is 1. The zero-order valence-corrected chi connectivity index (χ0v) is 9.54. The fourth-order valence-electron chi connectivity index (χ4n) is 1.39. The van der Waals surface area contributed by atoms with Crippen LogP contribution in [0.1, 0.15) is 15.9 Å². The average molecular weight is 253 g/mol. The summed E-state index contributed by atoms with van der Waals surface area (Å²) in [5, 5.41) is 0.0182. The molecule has 0 saturated heterocycles. The highest BCUT2D eigenvalue weighted by molar-refractivity contribution is 6.30. The van der Waals surface area contributed by atoms with Crippen LogP contribution in [0.25, 0.3) is 0 Å². The molecular weight excluding hydrogens is 243 g/mol. The van der Waals surface area contributed by atoms with Crippen molar-refractivity contribution in [1.82, 2.24) is 0 Å². The van der Waals surface area contributed by atoms with E-state index in [-0.39, 0.29) is 16.3 Å². The third-order valence-electron chi connectivity index (χ3n) is 2.22. The summed E-state index contributed by atoms with van der Waals surface area (Å²) in [6.45, 7) is 0. The molecule has 88 valence electrons. The minimum absolute atomic E-state index is 0. The molecule has 0 saturated carbocycles. The van der Waals surface area contributed by atoms with Crippen molar-refractivity contribution in [2.24, 2.45) is 0 Å². The van der Waals surface area contributed by atoms with Gasteiger partial charge in [-0.25, -0.2) is 4.39 Å². The number of rotatable bonds is 2. The fourth-order valence-corrected chi connectivity index (χ4v) is 1.51. The topological polar surface area (TPSA) is 48.6 Å². The second-order valence-electron chi connectivity index (χ2n) is 3.32. The molecule has 2 N–H and O–H groups in total. The Hall–Kier alpha value is -1.71. The van der Waals surface area contributed by atoms with Crippen molar-refractivity contribution < 1.29 is 14.7 Å². The van der Waals surface area contributed by atoms with E-state index in [1.807, 2.05) is 6.07 Å². The maximum Gasteiger partial charge on any atom is 0.193 e. The van der Waals surface area contributed by atoms with Crippen molar-refractivity contribution in [1.29, 1.82) is 0 Å². The van der Waals surface area contributed by atoms with Crippen molar-refractivity contribution in [2.45, 2.75) is 0 Å². The molecule has 0 radical (unpaired) electrons. The SMILES string of the molecule is O.O=C(c1ccccc1)c1ccc(Cl)c(F)c1. The quantitative estimate of drug-likeness (QED) is 0.758. The Bertz CT molecular complexity index is 526. The fraction of sp³-hybridized carbons (Fsp3) is 0. The standard InChI is InChI=1S/C13H8ClFO.H2O/c14-11-7-6-10(8-12(11)15)13(16)9-4-2-1-3-5-9;/h1-8H;1H2. The van der Waals surface area contributed by atoms with E-state index in [1.54, 1.807) is 24.3 Å². The van der Waals surface area contributed by atoms with Crippen LogP contribution in [0.2, 0.25) is 5.02 Å². The van der Waals surface area contributed by atoms with Crippen LogP contribution in [-0.2, 0) is 0 Å². The number of carbonyl (C=O) groups is 1. The molecule has 2 aromatic rings. The summed E-state index contributed by atoms with van der Waals surface area (Å²) in [6, 6.07) is 12.8. The number of benzene rings is 2. The monoisotopic (exact) mass is 252 g/mol. The van der Waals surface area contributed by atoms with E-state index in [0.29, 0.717) is 11.1 Å². The molecule has 0 fully saturated rings. The average Bonchev–Trinajstić information content (AvgIpc) is 2.33. The van der Waals surface area contributed by atoms with E-state index in [2.05, 4.69) is 0 Å². The van der Waals surface area contributed by atoms with Gasteiger partial charge in [0.2, 0.25) is 0 Å². The molecule has 0 atom stereocenters. The van der Waals surface area contributed by atoms with Crippen molar-refractivity contribution in [2.75, 3.05) is 0 Å². The van der Waals surface area contributed by atoms with E-state index >= 15 is 0 Å². The summed E-state index contributed by atoms with van der Waals surface area (Å²) < 4.78 is 13.2. The lowest BCUT2D eigenvalue weighted by Crippen LogP contribution is -2.01. The van der Waals surface area contributed by atoms with Crippen LogP contribution in [0.3, 0.4) is 0 Å². The van der Waals surface area contributed by atoms with Gasteiger partial charge in [-0.1, -0.05) is 41.9 Å². The van der Waals surface area contributed by atoms with Gasteiger partial charge in [0.25, 0.3) is 0 Å². The molecular formula is C13H10ClFO2. The van der Waals surface area contributed by atoms with Crippen LogP contribution >= 0.6 is 11.6 Å². The molecule has 4 heteroatoms. The summed E-state index contributed by atoms with van der Waals surface area (Å²) in [7, 11) is 0. The minimum atomic E-state index is -0.580. The molecule has 0 unspecified atom stereocenters. The summed E-state index contributed by atoms with van der Waals surface area (Å²) in [6.07, 6.45) is 0. The number of ketones is 1. The van der Waals surface area contributed by atoms with Gasteiger partial charge in [0, 0.05) is 11.1 Å². The van der Waals surface area contributed by atoms with Gasteiger partial charge >= 0.3 is 0 Å². The van der Waals surface area contributed by atoms with Gasteiger partial charge in [-0.05, 0) is 18.2 Å². The Morgan fingerprint density at radius 1 is 1.00 bits per heavy atom. The molecule has 0 heterocycles.